The number of nitrogens with zero attached hydrogens (tertiary/aromatic N) is 1. The molecular weight excluding hydrogens is 633 g/mol. The molecule has 52 heavy (non-hydrogen) atoms. The fourth-order valence-electron chi connectivity index (χ4n) is 8.30. The van der Waals surface area contributed by atoms with Crippen molar-refractivity contribution >= 4 is 39.6 Å². The largest absolute Gasteiger partial charge is 0.551 e. The lowest BCUT2D eigenvalue weighted by molar-refractivity contribution is 0.479. The Hall–Kier alpha value is -6.78. The van der Waals surface area contributed by atoms with Crippen molar-refractivity contribution in [3.05, 3.63) is 182 Å². The van der Waals surface area contributed by atoms with Gasteiger partial charge in [-0.1, -0.05) is 133 Å². The van der Waals surface area contributed by atoms with Crippen LogP contribution in [0.4, 0.5) is 0 Å². The molecule has 0 radical (unpaired) electrons. The number of hydrogen-bond donors (Lipinski definition) is 0. The van der Waals surface area contributed by atoms with E-state index in [1.54, 1.807) is 0 Å². The van der Waals surface area contributed by atoms with Gasteiger partial charge in [0.1, 0.15) is 17.2 Å². The van der Waals surface area contributed by atoms with E-state index < -0.39 is 0 Å². The van der Waals surface area contributed by atoms with Gasteiger partial charge in [0, 0.05) is 32.8 Å². The van der Waals surface area contributed by atoms with Crippen LogP contribution in [-0.2, 0) is 0 Å². The summed E-state index contributed by atoms with van der Waals surface area (Å²) in [4.78, 5) is 0. The molecule has 1 aromatic heterocycles. The quantitative estimate of drug-likeness (QED) is 0.175. The lowest BCUT2D eigenvalue weighted by Gasteiger charge is -2.33. The summed E-state index contributed by atoms with van der Waals surface area (Å²) in [6.45, 7) is -0.296. The van der Waals surface area contributed by atoms with E-state index in [1.165, 1.54) is 38.5 Å². The van der Waals surface area contributed by atoms with Crippen LogP contribution in [0.1, 0.15) is 0 Å². The predicted molar refractivity (Wildman–Crippen MR) is 215 cm³/mol. The lowest BCUT2D eigenvalue weighted by Crippen LogP contribution is -2.53. The van der Waals surface area contributed by atoms with Crippen LogP contribution in [0, 0.1) is 0 Å². The maximum Gasteiger partial charge on any atom is 0.434 e. The summed E-state index contributed by atoms with van der Waals surface area (Å²) >= 11 is 0. The molecule has 242 valence electrons. The standard InChI is InChI=1S/C48H30BNO2/c1-2-12-31(13-3-1)32-14-10-15-33(28-32)34-24-26-45-40(29-34)39-19-11-23-47-48(39)49(52-45)41-30-35(25-27-46(41)51-47)36-16-4-7-20-42(36)50-43-21-8-5-17-37(43)38-18-6-9-22-44(38)50/h1-30H. The Morgan fingerprint density at radius 2 is 1.00 bits per heavy atom. The minimum absolute atomic E-state index is 0.296. The monoisotopic (exact) mass is 663 g/mol. The summed E-state index contributed by atoms with van der Waals surface area (Å²) in [7, 11) is 0. The van der Waals surface area contributed by atoms with Crippen molar-refractivity contribution in [1.82, 2.24) is 4.57 Å². The van der Waals surface area contributed by atoms with E-state index in [2.05, 4.69) is 187 Å². The molecule has 9 aromatic rings. The van der Waals surface area contributed by atoms with Crippen molar-refractivity contribution < 1.29 is 9.39 Å². The van der Waals surface area contributed by atoms with E-state index in [-0.39, 0.29) is 6.92 Å². The van der Waals surface area contributed by atoms with Gasteiger partial charge in [-0.15, -0.1) is 0 Å². The van der Waals surface area contributed by atoms with Gasteiger partial charge < -0.3 is 14.0 Å². The maximum absolute atomic E-state index is 6.97. The molecule has 2 aliphatic rings. The molecule has 0 aliphatic carbocycles. The molecular formula is C48H30BNO2. The molecule has 3 heterocycles. The average Bonchev–Trinajstić information content (AvgIpc) is 3.55. The van der Waals surface area contributed by atoms with Crippen molar-refractivity contribution in [2.45, 2.75) is 0 Å². The molecule has 0 saturated carbocycles. The molecule has 0 bridgehead atoms. The first-order valence-corrected chi connectivity index (χ1v) is 17.8. The van der Waals surface area contributed by atoms with Gasteiger partial charge in [-0.3, -0.25) is 0 Å². The highest BCUT2D eigenvalue weighted by atomic mass is 16.5. The first kappa shape index (κ1) is 29.0. The van der Waals surface area contributed by atoms with Crippen molar-refractivity contribution in [2.75, 3.05) is 0 Å². The third-order valence-electron chi connectivity index (χ3n) is 10.7. The zero-order valence-corrected chi connectivity index (χ0v) is 28.2. The summed E-state index contributed by atoms with van der Waals surface area (Å²) in [6, 6.07) is 64.8. The Morgan fingerprint density at radius 1 is 0.385 bits per heavy atom. The van der Waals surface area contributed by atoms with Crippen LogP contribution in [0.15, 0.2) is 182 Å². The summed E-state index contributed by atoms with van der Waals surface area (Å²) in [6.07, 6.45) is 0. The van der Waals surface area contributed by atoms with Crippen LogP contribution in [-0.4, -0.2) is 11.5 Å². The number of ether oxygens (including phenoxy) is 1. The minimum Gasteiger partial charge on any atom is -0.551 e. The highest BCUT2D eigenvalue weighted by Crippen LogP contribution is 2.42. The fourth-order valence-corrected chi connectivity index (χ4v) is 8.30. The zero-order chi connectivity index (χ0) is 34.2. The Kier molecular flexibility index (Phi) is 6.35. The second kappa shape index (κ2) is 11.4. The van der Waals surface area contributed by atoms with Gasteiger partial charge >= 0.3 is 6.92 Å². The Balaban J connectivity index is 1.02. The Bertz CT molecular complexity index is 2820. The summed E-state index contributed by atoms with van der Waals surface area (Å²) in [5.41, 5.74) is 14.8. The van der Waals surface area contributed by atoms with E-state index in [9.17, 15) is 0 Å². The second-order valence-electron chi connectivity index (χ2n) is 13.6. The number of fused-ring (bicyclic) bond motifs is 7. The molecule has 11 rings (SSSR count). The van der Waals surface area contributed by atoms with E-state index >= 15 is 0 Å². The van der Waals surface area contributed by atoms with Crippen LogP contribution in [0.25, 0.3) is 72.0 Å². The normalized spacial score (nSPS) is 12.5. The second-order valence-corrected chi connectivity index (χ2v) is 13.6. The molecule has 0 fully saturated rings. The van der Waals surface area contributed by atoms with Crippen LogP contribution < -0.4 is 20.3 Å². The van der Waals surface area contributed by atoms with Gasteiger partial charge in [0.2, 0.25) is 0 Å². The topological polar surface area (TPSA) is 23.4 Å². The van der Waals surface area contributed by atoms with Crippen molar-refractivity contribution in [3.63, 3.8) is 0 Å². The third-order valence-corrected chi connectivity index (χ3v) is 10.7. The van der Waals surface area contributed by atoms with E-state index in [4.69, 9.17) is 9.39 Å². The third kappa shape index (κ3) is 4.41. The van der Waals surface area contributed by atoms with E-state index in [1.807, 2.05) is 0 Å². The molecule has 0 saturated heterocycles. The van der Waals surface area contributed by atoms with Gasteiger partial charge in [0.05, 0.1) is 16.7 Å². The Morgan fingerprint density at radius 3 is 1.83 bits per heavy atom. The number of hydrogen-bond acceptors (Lipinski definition) is 2. The van der Waals surface area contributed by atoms with E-state index in [0.29, 0.717) is 0 Å². The van der Waals surface area contributed by atoms with Gasteiger partial charge in [-0.2, -0.15) is 0 Å². The Labute approximate surface area is 302 Å². The van der Waals surface area contributed by atoms with Crippen LogP contribution in [0.5, 0.6) is 17.2 Å². The summed E-state index contributed by atoms with van der Waals surface area (Å²) in [5, 5.41) is 2.49. The lowest BCUT2D eigenvalue weighted by atomic mass is 9.50. The number of aromatic nitrogens is 1. The molecule has 3 nitrogen and oxygen atoms in total. The molecule has 0 unspecified atom stereocenters. The zero-order valence-electron chi connectivity index (χ0n) is 28.2. The van der Waals surface area contributed by atoms with Crippen molar-refractivity contribution in [3.8, 4) is 67.4 Å². The smallest absolute Gasteiger partial charge is 0.434 e. The molecule has 0 atom stereocenters. The molecule has 4 heteroatoms. The number of rotatable bonds is 4. The van der Waals surface area contributed by atoms with Crippen LogP contribution >= 0.6 is 0 Å². The molecule has 0 N–H and O–H groups in total. The first-order chi connectivity index (χ1) is 25.8. The number of para-hydroxylation sites is 3. The van der Waals surface area contributed by atoms with Gasteiger partial charge in [0.25, 0.3) is 0 Å². The first-order valence-electron chi connectivity index (χ1n) is 17.8. The van der Waals surface area contributed by atoms with Crippen LogP contribution in [0.3, 0.4) is 0 Å². The average molecular weight is 664 g/mol. The summed E-state index contributed by atoms with van der Waals surface area (Å²) in [5.74, 6) is 2.54. The molecule has 8 aromatic carbocycles. The van der Waals surface area contributed by atoms with Crippen LogP contribution in [0.2, 0.25) is 0 Å². The van der Waals surface area contributed by atoms with Gasteiger partial charge in [-0.05, 0) is 81.9 Å². The highest BCUT2D eigenvalue weighted by Gasteiger charge is 2.41. The summed E-state index contributed by atoms with van der Waals surface area (Å²) < 4.78 is 16.0. The van der Waals surface area contributed by atoms with Crippen molar-refractivity contribution in [1.29, 1.82) is 0 Å². The fraction of sp³-hybridized carbons (Fsp3) is 0. The van der Waals surface area contributed by atoms with Gasteiger partial charge in [0.15, 0.2) is 0 Å². The minimum atomic E-state index is -0.296. The number of benzene rings is 8. The molecule has 2 aliphatic heterocycles. The van der Waals surface area contributed by atoms with Gasteiger partial charge in [-0.25, -0.2) is 0 Å². The SMILES string of the molecule is c1ccc(-c2cccc(-c3ccc4c(c3)-c3cccc5c3B(O4)c3cc(-c4ccccc4-n4c6ccccc6c6ccccc64)ccc3O5)c2)cc1. The maximum atomic E-state index is 6.97. The van der Waals surface area contributed by atoms with Crippen molar-refractivity contribution in [2.24, 2.45) is 0 Å². The highest BCUT2D eigenvalue weighted by molar-refractivity contribution is 6.84. The predicted octanol–water partition coefficient (Wildman–Crippen LogP) is 11.1. The molecule has 0 amide bonds. The van der Waals surface area contributed by atoms with E-state index in [0.717, 1.165) is 61.7 Å². The molecule has 0 spiro atoms.